The molecule has 0 unspecified atom stereocenters. The minimum Gasteiger partial charge on any atom is -0.455 e. The first kappa shape index (κ1) is 12.8. The van der Waals surface area contributed by atoms with Crippen molar-refractivity contribution in [2.24, 2.45) is 0 Å². The van der Waals surface area contributed by atoms with Crippen molar-refractivity contribution < 1.29 is 4.74 Å². The van der Waals surface area contributed by atoms with Crippen molar-refractivity contribution in [1.82, 2.24) is 0 Å². The van der Waals surface area contributed by atoms with Gasteiger partial charge in [-0.25, -0.2) is 0 Å². The van der Waals surface area contributed by atoms with Gasteiger partial charge in [0, 0.05) is 11.4 Å². The monoisotopic (exact) mass is 281 g/mol. The Hall–Kier alpha value is -2.26. The van der Waals surface area contributed by atoms with E-state index in [1.807, 2.05) is 54.6 Å². The highest BCUT2D eigenvalue weighted by Crippen LogP contribution is 2.29. The third-order valence-corrected chi connectivity index (χ3v) is 3.77. The van der Waals surface area contributed by atoms with Gasteiger partial charge in [0.25, 0.3) is 0 Å². The van der Waals surface area contributed by atoms with Crippen molar-refractivity contribution in [3.05, 3.63) is 77.0 Å². The van der Waals surface area contributed by atoms with Gasteiger partial charge in [-0.15, -0.1) is 11.3 Å². The Labute approximate surface area is 122 Å². The highest BCUT2D eigenvalue weighted by atomic mass is 32.1. The average molecular weight is 281 g/mol. The fraction of sp³-hybridized carbons (Fsp3) is 0.0588. The van der Waals surface area contributed by atoms with E-state index < -0.39 is 0 Å². The van der Waals surface area contributed by atoms with Gasteiger partial charge >= 0.3 is 0 Å². The number of rotatable bonds is 5. The zero-order chi connectivity index (χ0) is 13.6. The first-order valence-electron chi connectivity index (χ1n) is 6.50. The Kier molecular flexibility index (Phi) is 3.99. The maximum absolute atomic E-state index is 5.92. The van der Waals surface area contributed by atoms with Crippen LogP contribution in [0.25, 0.3) is 0 Å². The molecule has 2 nitrogen and oxygen atoms in total. The number of nitrogens with one attached hydrogen (secondary N) is 1. The lowest BCUT2D eigenvalue weighted by molar-refractivity contribution is 0.484. The lowest BCUT2D eigenvalue weighted by Gasteiger charge is -2.12. The summed E-state index contributed by atoms with van der Waals surface area (Å²) in [4.78, 5) is 1.31. The van der Waals surface area contributed by atoms with Crippen LogP contribution in [0.3, 0.4) is 0 Å². The van der Waals surface area contributed by atoms with Gasteiger partial charge in [-0.05, 0) is 35.7 Å². The number of hydrogen-bond acceptors (Lipinski definition) is 3. The second-order valence-corrected chi connectivity index (χ2v) is 5.38. The van der Waals surface area contributed by atoms with Crippen LogP contribution in [0.1, 0.15) is 4.88 Å². The molecule has 1 aromatic heterocycles. The summed E-state index contributed by atoms with van der Waals surface area (Å²) in [6, 6.07) is 22.0. The van der Waals surface area contributed by atoms with E-state index in [1.165, 1.54) is 4.88 Å². The predicted octanol–water partition coefficient (Wildman–Crippen LogP) is 5.15. The zero-order valence-electron chi connectivity index (χ0n) is 11.0. The molecule has 2 aromatic carbocycles. The molecule has 0 aliphatic heterocycles. The van der Waals surface area contributed by atoms with Gasteiger partial charge in [0.2, 0.25) is 0 Å². The van der Waals surface area contributed by atoms with Crippen molar-refractivity contribution in [2.75, 3.05) is 5.32 Å². The third-order valence-electron chi connectivity index (χ3n) is 2.89. The van der Waals surface area contributed by atoms with Crippen molar-refractivity contribution in [2.45, 2.75) is 6.54 Å². The van der Waals surface area contributed by atoms with Crippen molar-refractivity contribution in [3.8, 4) is 11.5 Å². The van der Waals surface area contributed by atoms with Crippen LogP contribution >= 0.6 is 11.3 Å². The summed E-state index contributed by atoms with van der Waals surface area (Å²) in [5.41, 5.74) is 1.00. The number of para-hydroxylation sites is 3. The standard InChI is InChI=1S/C17H15NOS/c1-2-7-14(8-3-1)19-17-11-5-4-10-16(17)18-13-15-9-6-12-20-15/h1-12,18H,13H2. The molecule has 0 saturated carbocycles. The lowest BCUT2D eigenvalue weighted by Crippen LogP contribution is -1.99. The van der Waals surface area contributed by atoms with E-state index in [0.717, 1.165) is 23.7 Å². The molecule has 3 aromatic rings. The molecule has 20 heavy (non-hydrogen) atoms. The molecule has 0 saturated heterocycles. The minimum absolute atomic E-state index is 0.812. The number of anilines is 1. The van der Waals surface area contributed by atoms with E-state index in [4.69, 9.17) is 4.74 Å². The molecule has 0 bridgehead atoms. The van der Waals surface area contributed by atoms with Crippen LogP contribution in [0.2, 0.25) is 0 Å². The van der Waals surface area contributed by atoms with Gasteiger partial charge in [-0.2, -0.15) is 0 Å². The first-order chi connectivity index (χ1) is 9.92. The highest BCUT2D eigenvalue weighted by molar-refractivity contribution is 7.09. The van der Waals surface area contributed by atoms with E-state index >= 15 is 0 Å². The molecule has 1 heterocycles. The predicted molar refractivity (Wildman–Crippen MR) is 84.6 cm³/mol. The largest absolute Gasteiger partial charge is 0.455 e. The molecule has 0 spiro atoms. The molecule has 0 aliphatic carbocycles. The molecule has 0 radical (unpaired) electrons. The molecule has 0 fully saturated rings. The van der Waals surface area contributed by atoms with E-state index in [2.05, 4.69) is 22.8 Å². The lowest BCUT2D eigenvalue weighted by atomic mass is 10.3. The van der Waals surface area contributed by atoms with E-state index in [0.29, 0.717) is 0 Å². The number of benzene rings is 2. The van der Waals surface area contributed by atoms with Gasteiger partial charge in [0.05, 0.1) is 5.69 Å². The van der Waals surface area contributed by atoms with Gasteiger partial charge in [-0.1, -0.05) is 36.4 Å². The maximum Gasteiger partial charge on any atom is 0.150 e. The summed E-state index contributed by atoms with van der Waals surface area (Å²) in [6.45, 7) is 0.812. The van der Waals surface area contributed by atoms with E-state index in [9.17, 15) is 0 Å². The van der Waals surface area contributed by atoms with E-state index in [-0.39, 0.29) is 0 Å². The zero-order valence-corrected chi connectivity index (χ0v) is 11.8. The van der Waals surface area contributed by atoms with Crippen molar-refractivity contribution in [3.63, 3.8) is 0 Å². The minimum atomic E-state index is 0.812. The molecular formula is C17H15NOS. The summed E-state index contributed by atoms with van der Waals surface area (Å²) in [5, 5.41) is 5.51. The van der Waals surface area contributed by atoms with E-state index in [1.54, 1.807) is 11.3 Å². The second kappa shape index (κ2) is 6.26. The van der Waals surface area contributed by atoms with Crippen LogP contribution in [-0.4, -0.2) is 0 Å². The number of thiophene rings is 1. The molecular weight excluding hydrogens is 266 g/mol. The SMILES string of the molecule is c1ccc(Oc2ccccc2NCc2cccs2)cc1. The fourth-order valence-corrected chi connectivity index (χ4v) is 2.56. The average Bonchev–Trinajstić information content (AvgIpc) is 3.01. The molecule has 0 amide bonds. The summed E-state index contributed by atoms with van der Waals surface area (Å²) in [7, 11) is 0. The summed E-state index contributed by atoms with van der Waals surface area (Å²) >= 11 is 1.75. The molecule has 3 rings (SSSR count). The van der Waals surface area contributed by atoms with Gasteiger partial charge in [0.15, 0.2) is 5.75 Å². The van der Waals surface area contributed by atoms with Crippen LogP contribution in [0.5, 0.6) is 11.5 Å². The Morgan fingerprint density at radius 3 is 2.45 bits per heavy atom. The smallest absolute Gasteiger partial charge is 0.150 e. The Bertz CT molecular complexity index is 650. The van der Waals surface area contributed by atoms with Crippen molar-refractivity contribution >= 4 is 17.0 Å². The first-order valence-corrected chi connectivity index (χ1v) is 7.38. The van der Waals surface area contributed by atoms with Crippen LogP contribution in [0.15, 0.2) is 72.1 Å². The summed E-state index contributed by atoms with van der Waals surface area (Å²) < 4.78 is 5.92. The topological polar surface area (TPSA) is 21.3 Å². The van der Waals surface area contributed by atoms with Crippen LogP contribution < -0.4 is 10.1 Å². The number of ether oxygens (including phenoxy) is 1. The van der Waals surface area contributed by atoms with Crippen LogP contribution in [0.4, 0.5) is 5.69 Å². The van der Waals surface area contributed by atoms with Crippen LogP contribution in [0, 0.1) is 0 Å². The van der Waals surface area contributed by atoms with Crippen molar-refractivity contribution in [1.29, 1.82) is 0 Å². The third kappa shape index (κ3) is 3.19. The Morgan fingerprint density at radius 1 is 0.850 bits per heavy atom. The number of hydrogen-bond donors (Lipinski definition) is 1. The van der Waals surface area contributed by atoms with Gasteiger partial charge in [-0.3, -0.25) is 0 Å². The molecule has 1 N–H and O–H groups in total. The summed E-state index contributed by atoms with van der Waals surface area (Å²) in [6.07, 6.45) is 0. The Morgan fingerprint density at radius 2 is 1.65 bits per heavy atom. The summed E-state index contributed by atoms with van der Waals surface area (Å²) in [5.74, 6) is 1.69. The second-order valence-electron chi connectivity index (χ2n) is 4.34. The maximum atomic E-state index is 5.92. The quantitative estimate of drug-likeness (QED) is 0.698. The van der Waals surface area contributed by atoms with Crippen LogP contribution in [-0.2, 0) is 6.54 Å². The molecule has 0 atom stereocenters. The fourth-order valence-electron chi connectivity index (χ4n) is 1.91. The molecule has 0 aliphatic rings. The Balaban J connectivity index is 1.74. The van der Waals surface area contributed by atoms with Gasteiger partial charge in [0.1, 0.15) is 5.75 Å². The molecule has 3 heteroatoms. The normalized spacial score (nSPS) is 10.2. The van der Waals surface area contributed by atoms with Gasteiger partial charge < -0.3 is 10.1 Å². The highest BCUT2D eigenvalue weighted by Gasteiger charge is 2.04. The molecule has 100 valence electrons.